The van der Waals surface area contributed by atoms with Gasteiger partial charge in [-0.2, -0.15) is 0 Å². The molecule has 1 heterocycles. The summed E-state index contributed by atoms with van der Waals surface area (Å²) < 4.78 is 18.9. The van der Waals surface area contributed by atoms with E-state index in [2.05, 4.69) is 26.2 Å². The van der Waals surface area contributed by atoms with E-state index in [0.717, 1.165) is 0 Å². The molecule has 0 atom stereocenters. The quantitative estimate of drug-likeness (QED) is 0.913. The normalized spacial score (nSPS) is 10.2. The third kappa shape index (κ3) is 2.53. The predicted octanol–water partition coefficient (Wildman–Crippen LogP) is 3.32. The van der Waals surface area contributed by atoms with Crippen molar-refractivity contribution in [1.82, 2.24) is 4.98 Å². The van der Waals surface area contributed by atoms with Crippen LogP contribution in [-0.2, 0) is 0 Å². The van der Waals surface area contributed by atoms with Crippen LogP contribution in [0.1, 0.15) is 0 Å². The zero-order chi connectivity index (χ0) is 13.1. The van der Waals surface area contributed by atoms with Gasteiger partial charge in [0.2, 0.25) is 0 Å². The number of nitrogens with one attached hydrogen (secondary N) is 1. The fourth-order valence-electron chi connectivity index (χ4n) is 1.48. The van der Waals surface area contributed by atoms with Gasteiger partial charge in [0.15, 0.2) is 0 Å². The minimum atomic E-state index is -0.362. The standard InChI is InChI=1S/C12H11BrFN3O/c1-18-11-4-7(14)2-3-10(11)17-12-8(13)5-16-6-9(12)15/h2-6H,15H2,1H3,(H,16,17). The average molecular weight is 312 g/mol. The van der Waals surface area contributed by atoms with Crippen LogP contribution >= 0.6 is 15.9 Å². The van der Waals surface area contributed by atoms with Crippen molar-refractivity contribution >= 4 is 33.0 Å². The molecule has 0 unspecified atom stereocenters. The Morgan fingerprint density at radius 1 is 1.39 bits per heavy atom. The van der Waals surface area contributed by atoms with Crippen molar-refractivity contribution in [3.8, 4) is 5.75 Å². The molecule has 94 valence electrons. The highest BCUT2D eigenvalue weighted by atomic mass is 79.9. The Labute approximate surface area is 112 Å². The summed E-state index contributed by atoms with van der Waals surface area (Å²) >= 11 is 3.35. The molecule has 0 bridgehead atoms. The maximum Gasteiger partial charge on any atom is 0.145 e. The molecule has 3 N–H and O–H groups in total. The Bertz CT molecular complexity index is 557. The van der Waals surface area contributed by atoms with Crippen LogP contribution in [0.15, 0.2) is 35.1 Å². The van der Waals surface area contributed by atoms with Gasteiger partial charge in [-0.05, 0) is 28.1 Å². The van der Waals surface area contributed by atoms with Crippen LogP contribution in [0, 0.1) is 5.82 Å². The first-order valence-electron chi connectivity index (χ1n) is 5.11. The lowest BCUT2D eigenvalue weighted by Crippen LogP contribution is -2.00. The molecule has 0 spiro atoms. The molecule has 0 amide bonds. The lowest BCUT2D eigenvalue weighted by atomic mass is 10.2. The van der Waals surface area contributed by atoms with Crippen molar-refractivity contribution < 1.29 is 9.13 Å². The molecule has 1 aromatic heterocycles. The minimum absolute atomic E-state index is 0.362. The second-order valence-corrected chi connectivity index (χ2v) is 4.41. The second kappa shape index (κ2) is 5.22. The predicted molar refractivity (Wildman–Crippen MR) is 72.6 cm³/mol. The number of anilines is 3. The molecular weight excluding hydrogens is 301 g/mol. The highest BCUT2D eigenvalue weighted by Gasteiger charge is 2.09. The van der Waals surface area contributed by atoms with Crippen LogP contribution in [0.3, 0.4) is 0 Å². The van der Waals surface area contributed by atoms with E-state index in [1.165, 1.54) is 25.4 Å². The minimum Gasteiger partial charge on any atom is -0.494 e. The zero-order valence-electron chi connectivity index (χ0n) is 9.58. The number of nitrogens with two attached hydrogens (primary N) is 1. The molecule has 2 rings (SSSR count). The Hall–Kier alpha value is -1.82. The van der Waals surface area contributed by atoms with Crippen molar-refractivity contribution in [3.63, 3.8) is 0 Å². The maximum absolute atomic E-state index is 13.1. The van der Waals surface area contributed by atoms with Gasteiger partial charge in [-0.3, -0.25) is 4.98 Å². The maximum atomic E-state index is 13.1. The molecule has 0 saturated heterocycles. The molecule has 0 saturated carbocycles. The summed E-state index contributed by atoms with van der Waals surface area (Å²) in [6.07, 6.45) is 3.15. The Morgan fingerprint density at radius 2 is 2.17 bits per heavy atom. The summed E-state index contributed by atoms with van der Waals surface area (Å²) in [7, 11) is 1.48. The summed E-state index contributed by atoms with van der Waals surface area (Å²) in [6.45, 7) is 0. The van der Waals surface area contributed by atoms with E-state index in [4.69, 9.17) is 10.5 Å². The summed E-state index contributed by atoms with van der Waals surface area (Å²) in [5, 5.41) is 3.08. The fraction of sp³-hybridized carbons (Fsp3) is 0.0833. The van der Waals surface area contributed by atoms with Gasteiger partial charge in [-0.1, -0.05) is 0 Å². The number of pyridine rings is 1. The lowest BCUT2D eigenvalue weighted by Gasteiger charge is -2.13. The van der Waals surface area contributed by atoms with Crippen molar-refractivity contribution in [3.05, 3.63) is 40.9 Å². The molecular formula is C12H11BrFN3O. The number of nitrogens with zero attached hydrogens (tertiary/aromatic N) is 1. The number of ether oxygens (including phenoxy) is 1. The van der Waals surface area contributed by atoms with Gasteiger partial charge >= 0.3 is 0 Å². The van der Waals surface area contributed by atoms with E-state index in [1.54, 1.807) is 12.3 Å². The van der Waals surface area contributed by atoms with E-state index in [-0.39, 0.29) is 5.82 Å². The van der Waals surface area contributed by atoms with E-state index in [0.29, 0.717) is 27.3 Å². The molecule has 4 nitrogen and oxygen atoms in total. The van der Waals surface area contributed by atoms with Gasteiger partial charge in [0.1, 0.15) is 11.6 Å². The van der Waals surface area contributed by atoms with Crippen molar-refractivity contribution in [2.45, 2.75) is 0 Å². The van der Waals surface area contributed by atoms with Gasteiger partial charge in [-0.15, -0.1) is 0 Å². The summed E-state index contributed by atoms with van der Waals surface area (Å²) in [5.74, 6) is 0.0391. The highest BCUT2D eigenvalue weighted by molar-refractivity contribution is 9.10. The molecule has 2 aromatic rings. The largest absolute Gasteiger partial charge is 0.494 e. The third-order valence-corrected chi connectivity index (χ3v) is 2.95. The molecule has 0 aliphatic heterocycles. The van der Waals surface area contributed by atoms with Crippen molar-refractivity contribution in [2.24, 2.45) is 0 Å². The number of benzene rings is 1. The number of hydrogen-bond donors (Lipinski definition) is 2. The first-order chi connectivity index (χ1) is 8.61. The Balaban J connectivity index is 2.40. The summed E-state index contributed by atoms with van der Waals surface area (Å²) in [4.78, 5) is 3.94. The first-order valence-corrected chi connectivity index (χ1v) is 5.90. The monoisotopic (exact) mass is 311 g/mol. The summed E-state index contributed by atoms with van der Waals surface area (Å²) in [5.41, 5.74) is 7.59. The van der Waals surface area contributed by atoms with Gasteiger partial charge in [0, 0.05) is 12.3 Å². The smallest absolute Gasteiger partial charge is 0.145 e. The molecule has 6 heteroatoms. The first kappa shape index (κ1) is 12.6. The van der Waals surface area contributed by atoms with Gasteiger partial charge < -0.3 is 15.8 Å². The molecule has 0 aliphatic carbocycles. The SMILES string of the molecule is COc1cc(F)ccc1Nc1c(N)cncc1Br. The van der Waals surface area contributed by atoms with Crippen LogP contribution in [0.25, 0.3) is 0 Å². The zero-order valence-corrected chi connectivity index (χ0v) is 11.2. The topological polar surface area (TPSA) is 60.2 Å². The van der Waals surface area contributed by atoms with E-state index in [1.807, 2.05) is 0 Å². The Kier molecular flexibility index (Phi) is 3.66. The van der Waals surface area contributed by atoms with Gasteiger partial charge in [0.05, 0.1) is 34.8 Å². The van der Waals surface area contributed by atoms with Crippen LogP contribution in [0.4, 0.5) is 21.5 Å². The van der Waals surface area contributed by atoms with E-state index in [9.17, 15) is 4.39 Å². The fourth-order valence-corrected chi connectivity index (χ4v) is 1.93. The van der Waals surface area contributed by atoms with Gasteiger partial charge in [-0.25, -0.2) is 4.39 Å². The number of rotatable bonds is 3. The highest BCUT2D eigenvalue weighted by Crippen LogP contribution is 2.34. The number of hydrogen-bond acceptors (Lipinski definition) is 4. The molecule has 0 aliphatic rings. The number of methoxy groups -OCH3 is 1. The van der Waals surface area contributed by atoms with Crippen molar-refractivity contribution in [2.75, 3.05) is 18.2 Å². The lowest BCUT2D eigenvalue weighted by molar-refractivity contribution is 0.413. The molecule has 18 heavy (non-hydrogen) atoms. The molecule has 0 radical (unpaired) electrons. The van der Waals surface area contributed by atoms with Crippen LogP contribution in [0.5, 0.6) is 5.75 Å². The third-order valence-electron chi connectivity index (χ3n) is 2.35. The average Bonchev–Trinajstić information content (AvgIpc) is 2.35. The van der Waals surface area contributed by atoms with E-state index >= 15 is 0 Å². The second-order valence-electron chi connectivity index (χ2n) is 3.56. The number of aromatic nitrogens is 1. The molecule has 0 fully saturated rings. The summed E-state index contributed by atoms with van der Waals surface area (Å²) in [6, 6.07) is 4.23. The Morgan fingerprint density at radius 3 is 2.83 bits per heavy atom. The van der Waals surface area contributed by atoms with Gasteiger partial charge in [0.25, 0.3) is 0 Å². The molecule has 1 aromatic carbocycles. The van der Waals surface area contributed by atoms with Crippen LogP contribution in [0.2, 0.25) is 0 Å². The van der Waals surface area contributed by atoms with E-state index < -0.39 is 0 Å². The number of nitrogen functional groups attached to an aromatic ring is 1. The number of halogens is 2. The van der Waals surface area contributed by atoms with Crippen LogP contribution in [-0.4, -0.2) is 12.1 Å². The van der Waals surface area contributed by atoms with Crippen molar-refractivity contribution in [1.29, 1.82) is 0 Å². The van der Waals surface area contributed by atoms with Crippen LogP contribution < -0.4 is 15.8 Å².